The van der Waals surface area contributed by atoms with Crippen molar-refractivity contribution in [2.45, 2.75) is 39.2 Å². The molecule has 15 heavy (non-hydrogen) atoms. The number of hydrogen-bond acceptors (Lipinski definition) is 1. The van der Waals surface area contributed by atoms with Gasteiger partial charge in [-0.15, -0.1) is 0 Å². The van der Waals surface area contributed by atoms with Gasteiger partial charge in [0.2, 0.25) is 0 Å². The van der Waals surface area contributed by atoms with E-state index in [2.05, 4.69) is 44.0 Å². The Kier molecular flexibility index (Phi) is 3.11. The summed E-state index contributed by atoms with van der Waals surface area (Å²) in [5.74, 6) is 0. The van der Waals surface area contributed by atoms with Gasteiger partial charge in [-0.05, 0) is 51.3 Å². The molecule has 2 rings (SSSR count). The summed E-state index contributed by atoms with van der Waals surface area (Å²) in [5.41, 5.74) is 4.32. The Bertz CT molecular complexity index is 339. The summed E-state index contributed by atoms with van der Waals surface area (Å²) in [7, 11) is 2.25. The maximum absolute atomic E-state index is 2.50. The molecule has 1 heteroatoms. The van der Waals surface area contributed by atoms with Crippen LogP contribution in [0.2, 0.25) is 0 Å². The zero-order valence-electron chi connectivity index (χ0n) is 10.1. The van der Waals surface area contributed by atoms with Crippen molar-refractivity contribution in [3.05, 3.63) is 34.9 Å². The maximum atomic E-state index is 2.50. The summed E-state index contributed by atoms with van der Waals surface area (Å²) >= 11 is 0. The molecule has 0 bridgehead atoms. The summed E-state index contributed by atoms with van der Waals surface area (Å²) in [6, 6.07) is 7.67. The molecule has 82 valence electrons. The Morgan fingerprint density at radius 1 is 1.27 bits per heavy atom. The van der Waals surface area contributed by atoms with Crippen molar-refractivity contribution in [2.75, 3.05) is 13.6 Å². The molecule has 0 N–H and O–H groups in total. The Hall–Kier alpha value is -0.820. The summed E-state index contributed by atoms with van der Waals surface area (Å²) in [5, 5.41) is 0. The van der Waals surface area contributed by atoms with Crippen molar-refractivity contribution in [3.8, 4) is 0 Å². The standard InChI is InChI=1S/C14H21N/c1-11-4-5-13(12(2)10-11)8-9-15(3)14-6-7-14/h4-5,10,14H,6-9H2,1-3H3. The first-order valence-electron chi connectivity index (χ1n) is 5.93. The number of aryl methyl sites for hydroxylation is 2. The highest BCUT2D eigenvalue weighted by molar-refractivity contribution is 5.30. The highest BCUT2D eigenvalue weighted by atomic mass is 15.1. The molecule has 0 radical (unpaired) electrons. The van der Waals surface area contributed by atoms with Crippen LogP contribution >= 0.6 is 0 Å². The zero-order chi connectivity index (χ0) is 10.8. The van der Waals surface area contributed by atoms with E-state index < -0.39 is 0 Å². The first-order valence-corrected chi connectivity index (χ1v) is 5.93. The van der Waals surface area contributed by atoms with E-state index in [0.717, 1.165) is 6.04 Å². The fourth-order valence-electron chi connectivity index (χ4n) is 2.12. The van der Waals surface area contributed by atoms with Crippen LogP contribution in [0.25, 0.3) is 0 Å². The van der Waals surface area contributed by atoms with Crippen LogP contribution in [0, 0.1) is 13.8 Å². The third kappa shape index (κ3) is 2.82. The van der Waals surface area contributed by atoms with Gasteiger partial charge in [0.25, 0.3) is 0 Å². The summed E-state index contributed by atoms with van der Waals surface area (Å²) in [6.45, 7) is 5.58. The van der Waals surface area contributed by atoms with E-state index in [0.29, 0.717) is 0 Å². The van der Waals surface area contributed by atoms with E-state index in [1.165, 1.54) is 42.5 Å². The van der Waals surface area contributed by atoms with Gasteiger partial charge in [-0.1, -0.05) is 23.8 Å². The molecule has 0 heterocycles. The molecular weight excluding hydrogens is 182 g/mol. The SMILES string of the molecule is Cc1ccc(CCN(C)C2CC2)c(C)c1. The topological polar surface area (TPSA) is 3.24 Å². The average Bonchev–Trinajstić information content (AvgIpc) is 2.99. The number of hydrogen-bond donors (Lipinski definition) is 0. The first kappa shape index (κ1) is 10.7. The molecule has 0 spiro atoms. The van der Waals surface area contributed by atoms with Gasteiger partial charge in [-0.3, -0.25) is 0 Å². The van der Waals surface area contributed by atoms with Gasteiger partial charge in [-0.25, -0.2) is 0 Å². The second kappa shape index (κ2) is 4.36. The number of benzene rings is 1. The molecule has 1 aliphatic rings. The van der Waals surface area contributed by atoms with Crippen LogP contribution in [-0.2, 0) is 6.42 Å². The first-order chi connectivity index (χ1) is 7.16. The minimum Gasteiger partial charge on any atom is -0.303 e. The monoisotopic (exact) mass is 203 g/mol. The third-order valence-electron chi connectivity index (χ3n) is 3.40. The minimum absolute atomic E-state index is 0.885. The molecule has 0 aromatic heterocycles. The van der Waals surface area contributed by atoms with E-state index in [4.69, 9.17) is 0 Å². The van der Waals surface area contributed by atoms with Crippen LogP contribution in [0.5, 0.6) is 0 Å². The summed E-state index contributed by atoms with van der Waals surface area (Å²) in [4.78, 5) is 2.50. The Morgan fingerprint density at radius 2 is 2.00 bits per heavy atom. The lowest BCUT2D eigenvalue weighted by Gasteiger charge is -2.16. The second-order valence-corrected chi connectivity index (χ2v) is 4.89. The fraction of sp³-hybridized carbons (Fsp3) is 0.571. The van der Waals surface area contributed by atoms with Crippen LogP contribution in [0.3, 0.4) is 0 Å². The molecule has 0 saturated heterocycles. The lowest BCUT2D eigenvalue weighted by molar-refractivity contribution is 0.328. The Morgan fingerprint density at radius 3 is 2.60 bits per heavy atom. The summed E-state index contributed by atoms with van der Waals surface area (Å²) in [6.07, 6.45) is 4.01. The smallest absolute Gasteiger partial charge is 0.00935 e. The van der Waals surface area contributed by atoms with Crippen molar-refractivity contribution in [2.24, 2.45) is 0 Å². The molecule has 1 aromatic rings. The van der Waals surface area contributed by atoms with Crippen molar-refractivity contribution >= 4 is 0 Å². The van der Waals surface area contributed by atoms with Crippen LogP contribution in [-0.4, -0.2) is 24.5 Å². The number of rotatable bonds is 4. The molecule has 1 aliphatic carbocycles. The normalized spacial score (nSPS) is 16.0. The lowest BCUT2D eigenvalue weighted by Crippen LogP contribution is -2.23. The number of likely N-dealkylation sites (N-methyl/N-ethyl adjacent to an activating group) is 1. The third-order valence-corrected chi connectivity index (χ3v) is 3.40. The molecule has 1 aromatic carbocycles. The Balaban J connectivity index is 1.92. The van der Waals surface area contributed by atoms with Gasteiger partial charge in [0, 0.05) is 12.6 Å². The highest BCUT2D eigenvalue weighted by Crippen LogP contribution is 2.25. The van der Waals surface area contributed by atoms with Crippen molar-refractivity contribution in [1.29, 1.82) is 0 Å². The molecule has 1 fully saturated rings. The zero-order valence-corrected chi connectivity index (χ0v) is 10.1. The van der Waals surface area contributed by atoms with E-state index in [1.807, 2.05) is 0 Å². The van der Waals surface area contributed by atoms with Crippen LogP contribution < -0.4 is 0 Å². The molecule has 1 saturated carbocycles. The van der Waals surface area contributed by atoms with Crippen molar-refractivity contribution in [1.82, 2.24) is 4.90 Å². The van der Waals surface area contributed by atoms with Crippen LogP contribution in [0.1, 0.15) is 29.5 Å². The molecule has 0 amide bonds. The van der Waals surface area contributed by atoms with E-state index in [-0.39, 0.29) is 0 Å². The highest BCUT2D eigenvalue weighted by Gasteiger charge is 2.25. The number of nitrogens with zero attached hydrogens (tertiary/aromatic N) is 1. The van der Waals surface area contributed by atoms with Gasteiger partial charge in [0.15, 0.2) is 0 Å². The van der Waals surface area contributed by atoms with Gasteiger partial charge in [0.1, 0.15) is 0 Å². The molecule has 0 atom stereocenters. The lowest BCUT2D eigenvalue weighted by atomic mass is 10.0. The van der Waals surface area contributed by atoms with Crippen molar-refractivity contribution in [3.63, 3.8) is 0 Å². The predicted molar refractivity (Wildman–Crippen MR) is 65.3 cm³/mol. The van der Waals surface area contributed by atoms with Gasteiger partial charge in [-0.2, -0.15) is 0 Å². The van der Waals surface area contributed by atoms with Crippen LogP contribution in [0.15, 0.2) is 18.2 Å². The maximum Gasteiger partial charge on any atom is 0.00935 e. The molecule has 1 nitrogen and oxygen atoms in total. The van der Waals surface area contributed by atoms with Crippen molar-refractivity contribution < 1.29 is 0 Å². The fourth-order valence-corrected chi connectivity index (χ4v) is 2.12. The van der Waals surface area contributed by atoms with E-state index >= 15 is 0 Å². The van der Waals surface area contributed by atoms with Gasteiger partial charge < -0.3 is 4.90 Å². The largest absolute Gasteiger partial charge is 0.303 e. The van der Waals surface area contributed by atoms with Crippen LogP contribution in [0.4, 0.5) is 0 Å². The summed E-state index contributed by atoms with van der Waals surface area (Å²) < 4.78 is 0. The minimum atomic E-state index is 0.885. The second-order valence-electron chi connectivity index (χ2n) is 4.89. The Labute approximate surface area is 93.1 Å². The van der Waals surface area contributed by atoms with Gasteiger partial charge >= 0.3 is 0 Å². The quantitative estimate of drug-likeness (QED) is 0.727. The van der Waals surface area contributed by atoms with E-state index in [9.17, 15) is 0 Å². The molecular formula is C14H21N. The van der Waals surface area contributed by atoms with Gasteiger partial charge in [0.05, 0.1) is 0 Å². The predicted octanol–water partition coefficient (Wildman–Crippen LogP) is 2.94. The van der Waals surface area contributed by atoms with E-state index in [1.54, 1.807) is 0 Å². The molecule has 0 aliphatic heterocycles. The molecule has 0 unspecified atom stereocenters. The average molecular weight is 203 g/mol.